The molecule has 0 aromatic carbocycles. The van der Waals surface area contributed by atoms with Gasteiger partial charge >= 0.3 is 0 Å². The van der Waals surface area contributed by atoms with Crippen molar-refractivity contribution in [2.24, 2.45) is 13.0 Å². The Morgan fingerprint density at radius 3 is 2.69 bits per heavy atom. The summed E-state index contributed by atoms with van der Waals surface area (Å²) >= 11 is 5.88. The first-order valence-electron chi connectivity index (χ1n) is 4.17. The van der Waals surface area contributed by atoms with E-state index in [0.717, 1.165) is 12.1 Å². The summed E-state index contributed by atoms with van der Waals surface area (Å²) in [4.78, 5) is 0. The summed E-state index contributed by atoms with van der Waals surface area (Å²) in [5.74, 6) is 0.484. The first kappa shape index (κ1) is 10.1. The molecule has 1 heterocycles. The number of aryl methyl sites for hydroxylation is 1. The van der Waals surface area contributed by atoms with Crippen LogP contribution in [0, 0.1) is 17.2 Å². The fourth-order valence-corrected chi connectivity index (χ4v) is 1.39. The van der Waals surface area contributed by atoms with E-state index in [-0.39, 0.29) is 0 Å². The summed E-state index contributed by atoms with van der Waals surface area (Å²) in [5.41, 5.74) is 1.31. The van der Waals surface area contributed by atoms with Gasteiger partial charge in [0.15, 0.2) is 0 Å². The predicted molar refractivity (Wildman–Crippen MR) is 51.5 cm³/mol. The average Bonchev–Trinajstić information content (AvgIpc) is 2.27. The minimum Gasteiger partial charge on any atom is -0.255 e. The fourth-order valence-electron chi connectivity index (χ4n) is 1.20. The van der Waals surface area contributed by atoms with Crippen LogP contribution >= 0.6 is 11.6 Å². The zero-order valence-corrected chi connectivity index (χ0v) is 8.76. The quantitative estimate of drug-likeness (QED) is 0.729. The Balaban J connectivity index is 3.08. The van der Waals surface area contributed by atoms with E-state index in [1.807, 2.05) is 0 Å². The van der Waals surface area contributed by atoms with Gasteiger partial charge in [0, 0.05) is 7.05 Å². The van der Waals surface area contributed by atoms with Crippen LogP contribution in [0.2, 0.25) is 5.15 Å². The Hall–Kier alpha value is -1.01. The molecule has 0 N–H and O–H groups in total. The normalized spacial score (nSPS) is 10.5. The molecule has 70 valence electrons. The molecule has 0 saturated heterocycles. The smallest absolute Gasteiger partial charge is 0.144 e. The predicted octanol–water partition coefficient (Wildman–Crippen LogP) is 2.14. The molecule has 1 aromatic heterocycles. The molecule has 0 spiro atoms. The molecule has 1 rings (SSSR count). The van der Waals surface area contributed by atoms with Crippen molar-refractivity contribution in [3.63, 3.8) is 0 Å². The van der Waals surface area contributed by atoms with Crippen LogP contribution in [0.15, 0.2) is 0 Å². The van der Waals surface area contributed by atoms with Crippen molar-refractivity contribution in [1.82, 2.24) is 9.78 Å². The SMILES string of the molecule is CC(C)Cc1nn(C)c(Cl)c1C#N. The van der Waals surface area contributed by atoms with Gasteiger partial charge in [0.2, 0.25) is 0 Å². The standard InChI is InChI=1S/C9H12ClN3/c1-6(2)4-8-7(5-11)9(10)13(3)12-8/h6H,4H2,1-3H3. The topological polar surface area (TPSA) is 41.6 Å². The van der Waals surface area contributed by atoms with Crippen molar-refractivity contribution in [2.75, 3.05) is 0 Å². The van der Waals surface area contributed by atoms with E-state index in [0.29, 0.717) is 16.6 Å². The van der Waals surface area contributed by atoms with Crippen LogP contribution in [-0.4, -0.2) is 9.78 Å². The van der Waals surface area contributed by atoms with E-state index >= 15 is 0 Å². The van der Waals surface area contributed by atoms with Crippen LogP contribution in [0.3, 0.4) is 0 Å². The van der Waals surface area contributed by atoms with Gasteiger partial charge in [-0.05, 0) is 12.3 Å². The number of aromatic nitrogens is 2. The lowest BCUT2D eigenvalue weighted by Gasteiger charge is -1.99. The van der Waals surface area contributed by atoms with Crippen LogP contribution in [0.1, 0.15) is 25.1 Å². The van der Waals surface area contributed by atoms with Crippen molar-refractivity contribution in [3.8, 4) is 6.07 Å². The third kappa shape index (κ3) is 2.02. The number of hydrogen-bond acceptors (Lipinski definition) is 2. The average molecular weight is 198 g/mol. The maximum Gasteiger partial charge on any atom is 0.144 e. The molecule has 4 heteroatoms. The van der Waals surface area contributed by atoms with Gasteiger partial charge in [0.05, 0.1) is 5.69 Å². The van der Waals surface area contributed by atoms with Crippen LogP contribution < -0.4 is 0 Å². The number of rotatable bonds is 2. The number of halogens is 1. The van der Waals surface area contributed by atoms with Crippen LogP contribution in [0.5, 0.6) is 0 Å². The van der Waals surface area contributed by atoms with E-state index in [4.69, 9.17) is 16.9 Å². The van der Waals surface area contributed by atoms with Gasteiger partial charge in [-0.2, -0.15) is 10.4 Å². The minimum absolute atomic E-state index is 0.429. The van der Waals surface area contributed by atoms with Gasteiger partial charge in [-0.3, -0.25) is 4.68 Å². The molecule has 0 bridgehead atoms. The summed E-state index contributed by atoms with van der Waals surface area (Å²) in [7, 11) is 1.74. The molecule has 3 nitrogen and oxygen atoms in total. The lowest BCUT2D eigenvalue weighted by Crippen LogP contribution is -1.97. The Morgan fingerprint density at radius 2 is 2.23 bits per heavy atom. The third-order valence-electron chi connectivity index (χ3n) is 1.76. The minimum atomic E-state index is 0.429. The van der Waals surface area contributed by atoms with E-state index < -0.39 is 0 Å². The summed E-state index contributed by atoms with van der Waals surface area (Å²) in [6, 6.07) is 2.07. The number of nitrogens with zero attached hydrogens (tertiary/aromatic N) is 3. The summed E-state index contributed by atoms with van der Waals surface area (Å²) < 4.78 is 1.54. The van der Waals surface area contributed by atoms with Gasteiger partial charge in [0.1, 0.15) is 16.8 Å². The molecule has 13 heavy (non-hydrogen) atoms. The highest BCUT2D eigenvalue weighted by molar-refractivity contribution is 6.30. The van der Waals surface area contributed by atoms with Crippen molar-refractivity contribution in [3.05, 3.63) is 16.4 Å². The highest BCUT2D eigenvalue weighted by atomic mass is 35.5. The van der Waals surface area contributed by atoms with E-state index in [1.165, 1.54) is 4.68 Å². The molecule has 0 saturated carbocycles. The highest BCUT2D eigenvalue weighted by Crippen LogP contribution is 2.20. The van der Waals surface area contributed by atoms with E-state index in [9.17, 15) is 0 Å². The summed E-state index contributed by atoms with van der Waals surface area (Å²) in [6.07, 6.45) is 0.795. The highest BCUT2D eigenvalue weighted by Gasteiger charge is 2.14. The molecule has 0 atom stereocenters. The molecule has 0 fully saturated rings. The van der Waals surface area contributed by atoms with Crippen molar-refractivity contribution in [1.29, 1.82) is 5.26 Å². The van der Waals surface area contributed by atoms with Gasteiger partial charge in [-0.1, -0.05) is 25.4 Å². The molecule has 0 aliphatic carbocycles. The second-order valence-corrected chi connectivity index (χ2v) is 3.80. The first-order chi connectivity index (χ1) is 6.06. The van der Waals surface area contributed by atoms with Gasteiger partial charge in [-0.25, -0.2) is 0 Å². The summed E-state index contributed by atoms with van der Waals surface area (Å²) in [5, 5.41) is 13.4. The Kier molecular flexibility index (Phi) is 2.94. The maximum atomic E-state index is 8.84. The summed E-state index contributed by atoms with van der Waals surface area (Å²) in [6.45, 7) is 4.17. The van der Waals surface area contributed by atoms with Crippen molar-refractivity contribution < 1.29 is 0 Å². The molecule has 0 amide bonds. The maximum absolute atomic E-state index is 8.84. The molecule has 0 aliphatic heterocycles. The monoisotopic (exact) mass is 197 g/mol. The zero-order chi connectivity index (χ0) is 10.0. The molecule has 1 aromatic rings. The molecular formula is C9H12ClN3. The van der Waals surface area contributed by atoms with E-state index in [1.54, 1.807) is 7.05 Å². The first-order valence-corrected chi connectivity index (χ1v) is 4.55. The number of hydrogen-bond donors (Lipinski definition) is 0. The van der Waals surface area contributed by atoms with E-state index in [2.05, 4.69) is 25.0 Å². The molecular weight excluding hydrogens is 186 g/mol. The van der Waals surface area contributed by atoms with Crippen LogP contribution in [-0.2, 0) is 13.5 Å². The third-order valence-corrected chi connectivity index (χ3v) is 2.20. The van der Waals surface area contributed by atoms with Gasteiger partial charge in [-0.15, -0.1) is 0 Å². The van der Waals surface area contributed by atoms with Crippen molar-refractivity contribution in [2.45, 2.75) is 20.3 Å². The Bertz CT molecular complexity index is 346. The molecule has 0 radical (unpaired) electrons. The zero-order valence-electron chi connectivity index (χ0n) is 8.00. The van der Waals surface area contributed by atoms with Gasteiger partial charge in [0.25, 0.3) is 0 Å². The molecule has 0 unspecified atom stereocenters. The lowest BCUT2D eigenvalue weighted by molar-refractivity contribution is 0.620. The Morgan fingerprint density at radius 1 is 1.62 bits per heavy atom. The van der Waals surface area contributed by atoms with Crippen LogP contribution in [0.4, 0.5) is 0 Å². The number of nitriles is 1. The lowest BCUT2D eigenvalue weighted by atomic mass is 10.1. The Labute approximate surface area is 82.9 Å². The van der Waals surface area contributed by atoms with Gasteiger partial charge < -0.3 is 0 Å². The fraction of sp³-hybridized carbons (Fsp3) is 0.556. The van der Waals surface area contributed by atoms with Crippen molar-refractivity contribution >= 4 is 11.6 Å². The molecule has 0 aliphatic rings. The van der Waals surface area contributed by atoms with Crippen LogP contribution in [0.25, 0.3) is 0 Å². The largest absolute Gasteiger partial charge is 0.255 e. The second kappa shape index (κ2) is 3.80. The second-order valence-electron chi connectivity index (χ2n) is 3.45.